The molecule has 10 nitrogen and oxygen atoms in total. The number of hydrogen-bond acceptors (Lipinski definition) is 8. The van der Waals surface area contributed by atoms with Crippen molar-refractivity contribution in [3.05, 3.63) is 66.5 Å². The van der Waals surface area contributed by atoms with Gasteiger partial charge in [-0.3, -0.25) is 4.79 Å². The molecule has 0 radical (unpaired) electrons. The zero-order valence-electron chi connectivity index (χ0n) is 27.2. The maximum absolute atomic E-state index is 13.1. The van der Waals surface area contributed by atoms with Gasteiger partial charge in [-0.05, 0) is 83.2 Å². The molecule has 2 saturated heterocycles. The monoisotopic (exact) mass is 622 g/mol. The zero-order valence-corrected chi connectivity index (χ0v) is 27.2. The van der Waals surface area contributed by atoms with Crippen LogP contribution in [-0.4, -0.2) is 63.1 Å². The Kier molecular flexibility index (Phi) is 8.80. The van der Waals surface area contributed by atoms with Gasteiger partial charge in [-0.2, -0.15) is 0 Å². The highest BCUT2D eigenvalue weighted by Gasteiger charge is 2.32. The molecule has 0 spiro atoms. The van der Waals surface area contributed by atoms with Crippen molar-refractivity contribution < 1.29 is 19.1 Å². The lowest BCUT2D eigenvalue weighted by Gasteiger charge is -2.34. The van der Waals surface area contributed by atoms with E-state index in [0.29, 0.717) is 36.4 Å². The number of aromatic nitrogens is 3. The van der Waals surface area contributed by atoms with Gasteiger partial charge in [-0.15, -0.1) is 0 Å². The summed E-state index contributed by atoms with van der Waals surface area (Å²) in [5.41, 5.74) is 2.70. The lowest BCUT2D eigenvalue weighted by molar-refractivity contribution is -0.120. The number of aryl methyl sites for hydroxylation is 1. The standard InChI is InChI=1S/C36H42N6O4/c1-6-24-17-21-42(33(24)43)30-13-7-11-27-26(30)15-14-23(2)31(27)45-32-28(12-8-18-37-32)29-16-19-38-34(40-29)39-25-10-9-20-41(22-25)35(44)46-36(3,4)5/h7-8,11-16,18-19,24-25H,6,9-10,17,20-22H2,1-5H3,(H,38,39,40)/t24?,25-/m0/s1. The Morgan fingerprint density at radius 1 is 1.00 bits per heavy atom. The number of nitrogens with zero attached hydrogens (tertiary/aromatic N) is 5. The van der Waals surface area contributed by atoms with Crippen LogP contribution in [0.5, 0.6) is 11.6 Å². The quantitative estimate of drug-likeness (QED) is 0.228. The third-order valence-electron chi connectivity index (χ3n) is 8.59. The molecule has 0 saturated carbocycles. The van der Waals surface area contributed by atoms with E-state index in [2.05, 4.69) is 28.3 Å². The van der Waals surface area contributed by atoms with E-state index in [1.54, 1.807) is 17.3 Å². The number of amides is 2. The van der Waals surface area contributed by atoms with Crippen LogP contribution in [0.25, 0.3) is 22.0 Å². The third-order valence-corrected chi connectivity index (χ3v) is 8.59. The Labute approximate surface area is 270 Å². The van der Waals surface area contributed by atoms with Gasteiger partial charge in [-0.25, -0.2) is 19.7 Å². The number of pyridine rings is 1. The molecule has 6 rings (SSSR count). The number of rotatable bonds is 7. The average Bonchev–Trinajstić information content (AvgIpc) is 3.41. The number of ether oxygens (including phenoxy) is 2. The first kappa shape index (κ1) is 31.3. The molecule has 2 aromatic heterocycles. The second-order valence-electron chi connectivity index (χ2n) is 13.1. The van der Waals surface area contributed by atoms with Gasteiger partial charge in [0.05, 0.1) is 16.9 Å². The molecule has 2 aliphatic rings. The number of anilines is 2. The van der Waals surface area contributed by atoms with Gasteiger partial charge >= 0.3 is 6.09 Å². The predicted molar refractivity (Wildman–Crippen MR) is 179 cm³/mol. The van der Waals surface area contributed by atoms with Gasteiger partial charge in [0.25, 0.3) is 0 Å². The maximum atomic E-state index is 13.1. The van der Waals surface area contributed by atoms with Crippen LogP contribution >= 0.6 is 0 Å². The second-order valence-corrected chi connectivity index (χ2v) is 13.1. The molecule has 46 heavy (non-hydrogen) atoms. The van der Waals surface area contributed by atoms with E-state index >= 15 is 0 Å². The maximum Gasteiger partial charge on any atom is 0.410 e. The Morgan fingerprint density at radius 3 is 2.63 bits per heavy atom. The zero-order chi connectivity index (χ0) is 32.4. The van der Waals surface area contributed by atoms with Gasteiger partial charge < -0.3 is 24.6 Å². The van der Waals surface area contributed by atoms with Crippen molar-refractivity contribution in [1.29, 1.82) is 0 Å². The molecular formula is C36H42N6O4. The summed E-state index contributed by atoms with van der Waals surface area (Å²) >= 11 is 0. The van der Waals surface area contributed by atoms with Crippen LogP contribution < -0.4 is 15.0 Å². The predicted octanol–water partition coefficient (Wildman–Crippen LogP) is 7.37. The van der Waals surface area contributed by atoms with Gasteiger partial charge in [-0.1, -0.05) is 31.2 Å². The van der Waals surface area contributed by atoms with E-state index in [1.807, 2.05) is 75.1 Å². The van der Waals surface area contributed by atoms with Crippen LogP contribution in [0.3, 0.4) is 0 Å². The number of fused-ring (bicyclic) bond motifs is 1. The summed E-state index contributed by atoms with van der Waals surface area (Å²) in [5, 5.41) is 5.30. The van der Waals surface area contributed by atoms with Crippen LogP contribution in [0.1, 0.15) is 58.9 Å². The topological polar surface area (TPSA) is 110 Å². The van der Waals surface area contributed by atoms with Crippen molar-refractivity contribution in [1.82, 2.24) is 19.9 Å². The van der Waals surface area contributed by atoms with Crippen molar-refractivity contribution in [3.8, 4) is 22.9 Å². The molecule has 0 aliphatic carbocycles. The summed E-state index contributed by atoms with van der Waals surface area (Å²) in [6, 6.07) is 15.7. The minimum atomic E-state index is -0.545. The van der Waals surface area contributed by atoms with Crippen molar-refractivity contribution >= 4 is 34.4 Å². The van der Waals surface area contributed by atoms with Gasteiger partial charge in [0.1, 0.15) is 11.4 Å². The smallest absolute Gasteiger partial charge is 0.410 e. The molecule has 2 atom stereocenters. The number of benzene rings is 2. The Bertz CT molecular complexity index is 1750. The lowest BCUT2D eigenvalue weighted by Crippen LogP contribution is -2.47. The van der Waals surface area contributed by atoms with Crippen molar-refractivity contribution in [2.75, 3.05) is 29.9 Å². The fourth-order valence-electron chi connectivity index (χ4n) is 6.26. The summed E-state index contributed by atoms with van der Waals surface area (Å²) in [4.78, 5) is 43.4. The van der Waals surface area contributed by atoms with Crippen molar-refractivity contribution in [2.24, 2.45) is 5.92 Å². The Hall–Kier alpha value is -4.73. The molecular weight excluding hydrogens is 580 g/mol. The van der Waals surface area contributed by atoms with Crippen LogP contribution in [0, 0.1) is 12.8 Å². The first-order chi connectivity index (χ1) is 22.1. The highest BCUT2D eigenvalue weighted by molar-refractivity contribution is 6.07. The van der Waals surface area contributed by atoms with Gasteiger partial charge in [0, 0.05) is 54.8 Å². The van der Waals surface area contributed by atoms with E-state index < -0.39 is 5.60 Å². The highest BCUT2D eigenvalue weighted by atomic mass is 16.6. The summed E-state index contributed by atoms with van der Waals surface area (Å²) in [7, 11) is 0. The molecule has 0 bridgehead atoms. The number of carbonyl (C=O) groups is 2. The summed E-state index contributed by atoms with van der Waals surface area (Å²) < 4.78 is 12.2. The Morgan fingerprint density at radius 2 is 1.85 bits per heavy atom. The van der Waals surface area contributed by atoms with Crippen LogP contribution in [0.4, 0.5) is 16.4 Å². The van der Waals surface area contributed by atoms with E-state index in [-0.39, 0.29) is 24.0 Å². The summed E-state index contributed by atoms with van der Waals surface area (Å²) in [6.45, 7) is 11.6. The second kappa shape index (κ2) is 12.9. The van der Waals surface area contributed by atoms with E-state index in [0.717, 1.165) is 59.8 Å². The van der Waals surface area contributed by atoms with Gasteiger partial charge in [0.15, 0.2) is 0 Å². The van der Waals surface area contributed by atoms with Crippen molar-refractivity contribution in [3.63, 3.8) is 0 Å². The lowest BCUT2D eigenvalue weighted by atomic mass is 10.0. The molecule has 10 heteroatoms. The van der Waals surface area contributed by atoms with Crippen LogP contribution in [-0.2, 0) is 9.53 Å². The molecule has 1 N–H and O–H groups in total. The van der Waals surface area contributed by atoms with E-state index in [1.165, 1.54) is 0 Å². The van der Waals surface area contributed by atoms with Gasteiger partial charge in [0.2, 0.25) is 17.7 Å². The van der Waals surface area contributed by atoms with Crippen LogP contribution in [0.2, 0.25) is 0 Å². The normalized spacial score (nSPS) is 18.6. The molecule has 2 aliphatic heterocycles. The molecule has 1 unspecified atom stereocenters. The average molecular weight is 623 g/mol. The number of carbonyl (C=O) groups excluding carboxylic acids is 2. The van der Waals surface area contributed by atoms with Crippen molar-refractivity contribution in [2.45, 2.75) is 71.9 Å². The number of nitrogens with one attached hydrogen (secondary N) is 1. The fraction of sp³-hybridized carbons (Fsp3) is 0.417. The molecule has 2 fully saturated rings. The van der Waals surface area contributed by atoms with Crippen LogP contribution in [0.15, 0.2) is 60.9 Å². The summed E-state index contributed by atoms with van der Waals surface area (Å²) in [6.07, 6.45) is 6.57. The Balaban J connectivity index is 1.25. The first-order valence-electron chi connectivity index (χ1n) is 16.2. The molecule has 4 heterocycles. The largest absolute Gasteiger partial charge is 0.444 e. The number of likely N-dealkylation sites (tertiary alicyclic amines) is 1. The molecule has 240 valence electrons. The number of piperidine rings is 1. The highest BCUT2D eigenvalue weighted by Crippen LogP contribution is 2.40. The van der Waals surface area contributed by atoms with E-state index in [9.17, 15) is 9.59 Å². The summed E-state index contributed by atoms with van der Waals surface area (Å²) in [5.74, 6) is 1.83. The minimum absolute atomic E-state index is 0.0104. The minimum Gasteiger partial charge on any atom is -0.444 e. The molecule has 4 aromatic rings. The van der Waals surface area contributed by atoms with E-state index in [4.69, 9.17) is 14.5 Å². The number of hydrogen-bond donors (Lipinski definition) is 1. The first-order valence-corrected chi connectivity index (χ1v) is 16.2. The SMILES string of the molecule is CCC1CCN(c2cccc3c(Oc4ncccc4-c4ccnc(N[C@H]5CCCN(C(=O)OC(C)(C)C)C5)n4)c(C)ccc23)C1=O. The molecule has 2 aromatic carbocycles. The fourth-order valence-corrected chi connectivity index (χ4v) is 6.26. The molecule has 2 amide bonds. The third kappa shape index (κ3) is 6.61.